The summed E-state index contributed by atoms with van der Waals surface area (Å²) in [6, 6.07) is 1.56. The Kier molecular flexibility index (Phi) is 4.05. The summed E-state index contributed by atoms with van der Waals surface area (Å²) in [4.78, 5) is 13.4. The fourth-order valence-electron chi connectivity index (χ4n) is 1.08. The lowest BCUT2D eigenvalue weighted by Crippen LogP contribution is -2.23. The van der Waals surface area contributed by atoms with Crippen molar-refractivity contribution >= 4 is 5.69 Å². The summed E-state index contributed by atoms with van der Waals surface area (Å²) in [6.07, 6.45) is 5.29. The number of rotatable bonds is 4. The van der Waals surface area contributed by atoms with Gasteiger partial charge in [-0.25, -0.2) is 4.68 Å². The lowest BCUT2D eigenvalue weighted by Gasteiger charge is -2.11. The largest absolute Gasteiger partial charge is 0.376 e. The molecule has 2 N–H and O–H groups in total. The zero-order valence-corrected chi connectivity index (χ0v) is 9.05. The molecular formula is C10H16N4O. The number of nitrogens with two attached hydrogens (primary N) is 1. The van der Waals surface area contributed by atoms with Crippen molar-refractivity contribution in [2.24, 2.45) is 5.73 Å². The highest BCUT2D eigenvalue weighted by atomic mass is 16.1. The summed E-state index contributed by atoms with van der Waals surface area (Å²) >= 11 is 0. The molecule has 0 unspecified atom stereocenters. The van der Waals surface area contributed by atoms with Crippen molar-refractivity contribution in [3.05, 3.63) is 34.8 Å². The second kappa shape index (κ2) is 5.31. The van der Waals surface area contributed by atoms with Crippen LogP contribution in [-0.2, 0) is 6.54 Å². The molecule has 5 nitrogen and oxygen atoms in total. The van der Waals surface area contributed by atoms with Gasteiger partial charge in [0.05, 0.1) is 18.4 Å². The maximum Gasteiger partial charge on any atom is 0.269 e. The predicted octanol–water partition coefficient (Wildman–Crippen LogP) is -0.176. The van der Waals surface area contributed by atoms with E-state index in [1.165, 1.54) is 4.68 Å². The number of anilines is 1. The van der Waals surface area contributed by atoms with Crippen molar-refractivity contribution in [2.75, 3.05) is 25.5 Å². The summed E-state index contributed by atoms with van der Waals surface area (Å²) in [6.45, 7) is 0.939. The van der Waals surface area contributed by atoms with Gasteiger partial charge in [-0.2, -0.15) is 5.10 Å². The highest BCUT2D eigenvalue weighted by Crippen LogP contribution is 2.02. The van der Waals surface area contributed by atoms with Crippen molar-refractivity contribution in [1.82, 2.24) is 9.78 Å². The molecule has 0 fully saturated rings. The number of hydrogen-bond donors (Lipinski definition) is 1. The topological polar surface area (TPSA) is 64.2 Å². The quantitative estimate of drug-likeness (QED) is 0.697. The molecule has 0 aliphatic heterocycles. The van der Waals surface area contributed by atoms with Gasteiger partial charge in [0.15, 0.2) is 0 Å². The SMILES string of the molecule is CN(C)c1cnn(C/C=C/CN)c(=O)c1. The first kappa shape index (κ1) is 11.5. The monoisotopic (exact) mass is 208 g/mol. The molecule has 1 heterocycles. The van der Waals surface area contributed by atoms with E-state index in [0.29, 0.717) is 13.1 Å². The highest BCUT2D eigenvalue weighted by Gasteiger charge is 1.99. The molecule has 0 saturated heterocycles. The van der Waals surface area contributed by atoms with Gasteiger partial charge in [0.25, 0.3) is 5.56 Å². The molecule has 15 heavy (non-hydrogen) atoms. The maximum atomic E-state index is 11.5. The van der Waals surface area contributed by atoms with Gasteiger partial charge in [-0.3, -0.25) is 4.79 Å². The van der Waals surface area contributed by atoms with E-state index in [9.17, 15) is 4.79 Å². The van der Waals surface area contributed by atoms with E-state index in [1.807, 2.05) is 25.1 Å². The van der Waals surface area contributed by atoms with Gasteiger partial charge in [0, 0.05) is 26.7 Å². The second-order valence-corrected chi connectivity index (χ2v) is 3.34. The van der Waals surface area contributed by atoms with Gasteiger partial charge in [-0.15, -0.1) is 0 Å². The number of hydrogen-bond acceptors (Lipinski definition) is 4. The van der Waals surface area contributed by atoms with Gasteiger partial charge in [0.2, 0.25) is 0 Å². The van der Waals surface area contributed by atoms with Crippen molar-refractivity contribution < 1.29 is 0 Å². The minimum absolute atomic E-state index is 0.108. The zero-order chi connectivity index (χ0) is 11.3. The van der Waals surface area contributed by atoms with Crippen LogP contribution in [-0.4, -0.2) is 30.4 Å². The Bertz CT molecular complexity index is 395. The van der Waals surface area contributed by atoms with Gasteiger partial charge in [-0.1, -0.05) is 12.2 Å². The molecule has 0 atom stereocenters. The number of allylic oxidation sites excluding steroid dienone is 1. The Balaban J connectivity index is 2.84. The third-order valence-corrected chi connectivity index (χ3v) is 1.95. The summed E-state index contributed by atoms with van der Waals surface area (Å²) in [5.74, 6) is 0. The third kappa shape index (κ3) is 3.21. The van der Waals surface area contributed by atoms with Crippen LogP contribution in [0.25, 0.3) is 0 Å². The number of nitrogens with zero attached hydrogens (tertiary/aromatic N) is 3. The average Bonchev–Trinajstić information content (AvgIpc) is 2.20. The molecule has 1 aromatic heterocycles. The molecule has 0 radical (unpaired) electrons. The molecule has 0 aliphatic carbocycles. The molecule has 5 heteroatoms. The van der Waals surface area contributed by atoms with Crippen LogP contribution in [0.2, 0.25) is 0 Å². The van der Waals surface area contributed by atoms with E-state index < -0.39 is 0 Å². The van der Waals surface area contributed by atoms with Crippen LogP contribution in [0.1, 0.15) is 0 Å². The molecule has 1 rings (SSSR count). The van der Waals surface area contributed by atoms with E-state index in [1.54, 1.807) is 18.3 Å². The van der Waals surface area contributed by atoms with Crippen molar-refractivity contribution in [2.45, 2.75) is 6.54 Å². The van der Waals surface area contributed by atoms with Crippen molar-refractivity contribution in [1.29, 1.82) is 0 Å². The molecule has 82 valence electrons. The predicted molar refractivity (Wildman–Crippen MR) is 61.0 cm³/mol. The summed E-state index contributed by atoms with van der Waals surface area (Å²) in [5, 5.41) is 4.04. The molecule has 1 aromatic rings. The van der Waals surface area contributed by atoms with Crippen LogP contribution in [0.5, 0.6) is 0 Å². The Labute approximate surface area is 88.8 Å². The third-order valence-electron chi connectivity index (χ3n) is 1.95. The van der Waals surface area contributed by atoms with Crippen molar-refractivity contribution in [3.8, 4) is 0 Å². The van der Waals surface area contributed by atoms with Crippen LogP contribution in [0.3, 0.4) is 0 Å². The second-order valence-electron chi connectivity index (χ2n) is 3.34. The normalized spacial score (nSPS) is 10.9. The van der Waals surface area contributed by atoms with Gasteiger partial charge >= 0.3 is 0 Å². The smallest absolute Gasteiger partial charge is 0.269 e. The Morgan fingerprint density at radius 1 is 1.53 bits per heavy atom. The van der Waals surface area contributed by atoms with E-state index in [2.05, 4.69) is 5.10 Å². The van der Waals surface area contributed by atoms with Gasteiger partial charge < -0.3 is 10.6 Å². The molecule has 0 amide bonds. The first-order chi connectivity index (χ1) is 7.15. The molecule has 0 bridgehead atoms. The first-order valence-corrected chi connectivity index (χ1v) is 4.74. The maximum absolute atomic E-state index is 11.5. The highest BCUT2D eigenvalue weighted by molar-refractivity contribution is 5.40. The lowest BCUT2D eigenvalue weighted by molar-refractivity contribution is 0.649. The minimum Gasteiger partial charge on any atom is -0.376 e. The van der Waals surface area contributed by atoms with Gasteiger partial charge in [-0.05, 0) is 0 Å². The van der Waals surface area contributed by atoms with E-state index in [-0.39, 0.29) is 5.56 Å². The van der Waals surface area contributed by atoms with E-state index in [4.69, 9.17) is 5.73 Å². The van der Waals surface area contributed by atoms with Crippen molar-refractivity contribution in [3.63, 3.8) is 0 Å². The minimum atomic E-state index is -0.108. The van der Waals surface area contributed by atoms with Gasteiger partial charge in [0.1, 0.15) is 0 Å². The average molecular weight is 208 g/mol. The van der Waals surface area contributed by atoms with Crippen LogP contribution < -0.4 is 16.2 Å². The van der Waals surface area contributed by atoms with Crippen LogP contribution in [0.4, 0.5) is 5.69 Å². The van der Waals surface area contributed by atoms with E-state index >= 15 is 0 Å². The molecule has 0 aromatic carbocycles. The van der Waals surface area contributed by atoms with Crippen LogP contribution in [0, 0.1) is 0 Å². The van der Waals surface area contributed by atoms with Crippen LogP contribution >= 0.6 is 0 Å². The lowest BCUT2D eigenvalue weighted by atomic mass is 10.4. The summed E-state index contributed by atoms with van der Waals surface area (Å²) in [5.41, 5.74) is 5.99. The standard InChI is InChI=1S/C10H16N4O/c1-13(2)9-7-10(15)14(12-8-9)6-4-3-5-11/h3-4,7-8H,5-6,11H2,1-2H3/b4-3+. The Hall–Kier alpha value is -1.62. The Morgan fingerprint density at radius 2 is 2.27 bits per heavy atom. The zero-order valence-electron chi connectivity index (χ0n) is 9.05. The van der Waals surface area contributed by atoms with E-state index in [0.717, 1.165) is 5.69 Å². The summed E-state index contributed by atoms with van der Waals surface area (Å²) < 4.78 is 1.39. The first-order valence-electron chi connectivity index (χ1n) is 4.74. The molecule has 0 aliphatic rings. The molecule has 0 spiro atoms. The summed E-state index contributed by atoms with van der Waals surface area (Å²) in [7, 11) is 3.74. The Morgan fingerprint density at radius 3 is 2.80 bits per heavy atom. The van der Waals surface area contributed by atoms with Crippen LogP contribution in [0.15, 0.2) is 29.2 Å². The molecular weight excluding hydrogens is 192 g/mol. The fraction of sp³-hybridized carbons (Fsp3) is 0.400. The molecule has 0 saturated carbocycles. The fourth-order valence-corrected chi connectivity index (χ4v) is 1.08. The number of aromatic nitrogens is 2.